The monoisotopic (exact) mass is 415 g/mol. The quantitative estimate of drug-likeness (QED) is 0.334. The summed E-state index contributed by atoms with van der Waals surface area (Å²) in [6.45, 7) is 9.72. The van der Waals surface area contributed by atoms with Crippen LogP contribution >= 0.6 is 0 Å². The average molecular weight is 416 g/mol. The first-order valence-electron chi connectivity index (χ1n) is 11.3. The molecule has 0 aliphatic carbocycles. The molecule has 0 unspecified atom stereocenters. The molecule has 1 heterocycles. The standard InChI is InChI=1S/C31H29N/c1-22-12-15-27(23(2)18-22)19-25-13-16-26(17-14-25)24(3)32-21-30-10-5-4-8-28(30)20-29-9-6-7-11-31(29)32/h4-18H,3,19-21H2,1-2H3. The number of fused-ring (bicyclic) bond motifs is 2. The van der Waals surface area contributed by atoms with Gasteiger partial charge in [0, 0.05) is 17.9 Å². The molecule has 0 atom stereocenters. The van der Waals surface area contributed by atoms with E-state index in [1.54, 1.807) is 0 Å². The third-order valence-corrected chi connectivity index (χ3v) is 6.62. The number of aryl methyl sites for hydroxylation is 2. The maximum absolute atomic E-state index is 4.53. The van der Waals surface area contributed by atoms with E-state index in [0.29, 0.717) is 0 Å². The zero-order chi connectivity index (χ0) is 22.1. The van der Waals surface area contributed by atoms with Gasteiger partial charge in [-0.15, -0.1) is 0 Å². The number of hydrogen-bond acceptors (Lipinski definition) is 1. The van der Waals surface area contributed by atoms with Crippen molar-refractivity contribution in [2.75, 3.05) is 4.90 Å². The molecule has 0 saturated heterocycles. The van der Waals surface area contributed by atoms with E-state index in [0.717, 1.165) is 25.1 Å². The second-order valence-corrected chi connectivity index (χ2v) is 8.91. The van der Waals surface area contributed by atoms with Crippen LogP contribution in [0.3, 0.4) is 0 Å². The fourth-order valence-corrected chi connectivity index (χ4v) is 4.74. The Kier molecular flexibility index (Phi) is 5.41. The molecule has 5 rings (SSSR count). The summed E-state index contributed by atoms with van der Waals surface area (Å²) in [6, 6.07) is 33.2. The summed E-state index contributed by atoms with van der Waals surface area (Å²) in [6.07, 6.45) is 1.92. The minimum absolute atomic E-state index is 0.844. The normalized spacial score (nSPS) is 12.6. The molecular weight excluding hydrogens is 386 g/mol. The molecular formula is C31H29N. The summed E-state index contributed by atoms with van der Waals surface area (Å²) in [5.41, 5.74) is 13.0. The van der Waals surface area contributed by atoms with Gasteiger partial charge in [-0.25, -0.2) is 0 Å². The van der Waals surface area contributed by atoms with Crippen LogP contribution in [-0.4, -0.2) is 0 Å². The highest BCUT2D eigenvalue weighted by Gasteiger charge is 2.21. The zero-order valence-electron chi connectivity index (χ0n) is 18.9. The molecule has 4 aromatic rings. The van der Waals surface area contributed by atoms with Gasteiger partial charge >= 0.3 is 0 Å². The molecule has 0 bridgehead atoms. The second kappa shape index (κ2) is 8.51. The maximum atomic E-state index is 4.53. The highest BCUT2D eigenvalue weighted by molar-refractivity contribution is 5.80. The Morgan fingerprint density at radius 1 is 0.781 bits per heavy atom. The van der Waals surface area contributed by atoms with Gasteiger partial charge < -0.3 is 4.90 Å². The molecule has 1 nitrogen and oxygen atoms in total. The summed E-state index contributed by atoms with van der Waals surface area (Å²) < 4.78 is 0. The summed E-state index contributed by atoms with van der Waals surface area (Å²) in [7, 11) is 0. The van der Waals surface area contributed by atoms with Crippen LogP contribution in [0.15, 0.2) is 97.6 Å². The second-order valence-electron chi connectivity index (χ2n) is 8.91. The predicted molar refractivity (Wildman–Crippen MR) is 136 cm³/mol. The lowest BCUT2D eigenvalue weighted by Crippen LogP contribution is -2.20. The first-order valence-corrected chi connectivity index (χ1v) is 11.3. The van der Waals surface area contributed by atoms with Crippen molar-refractivity contribution in [1.29, 1.82) is 0 Å². The lowest BCUT2D eigenvalue weighted by Gasteiger charge is -2.27. The van der Waals surface area contributed by atoms with Gasteiger partial charge in [0.2, 0.25) is 0 Å². The van der Waals surface area contributed by atoms with Gasteiger partial charge in [0.25, 0.3) is 0 Å². The Balaban J connectivity index is 1.43. The Morgan fingerprint density at radius 2 is 1.47 bits per heavy atom. The van der Waals surface area contributed by atoms with E-state index >= 15 is 0 Å². The fourth-order valence-electron chi connectivity index (χ4n) is 4.74. The van der Waals surface area contributed by atoms with Crippen LogP contribution in [0.5, 0.6) is 0 Å². The molecule has 0 amide bonds. The van der Waals surface area contributed by atoms with Gasteiger partial charge in [-0.2, -0.15) is 0 Å². The average Bonchev–Trinajstić information content (AvgIpc) is 2.98. The van der Waals surface area contributed by atoms with Crippen molar-refractivity contribution >= 4 is 11.4 Å². The zero-order valence-corrected chi connectivity index (χ0v) is 18.9. The number of nitrogens with zero attached hydrogens (tertiary/aromatic N) is 1. The Hall–Kier alpha value is -3.58. The minimum atomic E-state index is 0.844. The summed E-state index contributed by atoms with van der Waals surface area (Å²) in [5.74, 6) is 0. The van der Waals surface area contributed by atoms with Gasteiger partial charge in [-0.05, 0) is 71.7 Å². The topological polar surface area (TPSA) is 3.24 Å². The number of anilines is 1. The minimum Gasteiger partial charge on any atom is -0.337 e. The van der Waals surface area contributed by atoms with Crippen molar-refractivity contribution in [3.63, 3.8) is 0 Å². The number of rotatable bonds is 4. The molecule has 32 heavy (non-hydrogen) atoms. The van der Waals surface area contributed by atoms with Crippen LogP contribution in [0.4, 0.5) is 5.69 Å². The van der Waals surface area contributed by atoms with E-state index < -0.39 is 0 Å². The van der Waals surface area contributed by atoms with E-state index in [2.05, 4.69) is 116 Å². The largest absolute Gasteiger partial charge is 0.337 e. The molecule has 0 fully saturated rings. The predicted octanol–water partition coefficient (Wildman–Crippen LogP) is 7.48. The van der Waals surface area contributed by atoms with Gasteiger partial charge in [0.15, 0.2) is 0 Å². The number of para-hydroxylation sites is 1. The van der Waals surface area contributed by atoms with Crippen LogP contribution in [0.1, 0.15) is 44.5 Å². The molecule has 0 N–H and O–H groups in total. The smallest absolute Gasteiger partial charge is 0.0484 e. The third kappa shape index (κ3) is 3.99. The lowest BCUT2D eigenvalue weighted by atomic mass is 9.98. The Bertz CT molecular complexity index is 1280. The lowest BCUT2D eigenvalue weighted by molar-refractivity contribution is 0.986. The molecule has 4 aromatic carbocycles. The van der Waals surface area contributed by atoms with E-state index in [4.69, 9.17) is 0 Å². The van der Waals surface area contributed by atoms with Crippen molar-refractivity contribution in [3.8, 4) is 0 Å². The molecule has 1 heteroatoms. The van der Waals surface area contributed by atoms with Crippen LogP contribution < -0.4 is 4.90 Å². The Morgan fingerprint density at radius 3 is 2.22 bits per heavy atom. The van der Waals surface area contributed by atoms with Crippen molar-refractivity contribution in [3.05, 3.63) is 142 Å². The first-order chi connectivity index (χ1) is 15.6. The molecule has 0 saturated carbocycles. The summed E-state index contributed by atoms with van der Waals surface area (Å²) in [4.78, 5) is 2.38. The molecule has 0 radical (unpaired) electrons. The van der Waals surface area contributed by atoms with Crippen molar-refractivity contribution in [2.45, 2.75) is 33.2 Å². The van der Waals surface area contributed by atoms with Gasteiger partial charge in [-0.1, -0.05) is 97.1 Å². The Labute approximate surface area is 191 Å². The van der Waals surface area contributed by atoms with E-state index in [1.807, 2.05) is 0 Å². The van der Waals surface area contributed by atoms with Crippen LogP contribution in [-0.2, 0) is 19.4 Å². The summed E-state index contributed by atoms with van der Waals surface area (Å²) in [5, 5.41) is 0. The summed E-state index contributed by atoms with van der Waals surface area (Å²) >= 11 is 0. The van der Waals surface area contributed by atoms with E-state index in [-0.39, 0.29) is 0 Å². The third-order valence-electron chi connectivity index (χ3n) is 6.62. The van der Waals surface area contributed by atoms with Gasteiger partial charge in [0.1, 0.15) is 0 Å². The van der Waals surface area contributed by atoms with Crippen LogP contribution in [0.25, 0.3) is 5.70 Å². The molecule has 1 aliphatic rings. The van der Waals surface area contributed by atoms with Crippen LogP contribution in [0.2, 0.25) is 0 Å². The van der Waals surface area contributed by atoms with Crippen molar-refractivity contribution in [1.82, 2.24) is 0 Å². The van der Waals surface area contributed by atoms with Crippen LogP contribution in [0, 0.1) is 13.8 Å². The number of hydrogen-bond donors (Lipinski definition) is 0. The van der Waals surface area contributed by atoms with Gasteiger partial charge in [-0.3, -0.25) is 0 Å². The molecule has 0 aromatic heterocycles. The molecule has 0 spiro atoms. The van der Waals surface area contributed by atoms with E-state index in [1.165, 1.54) is 50.2 Å². The number of benzene rings is 4. The van der Waals surface area contributed by atoms with Crippen molar-refractivity contribution in [2.24, 2.45) is 0 Å². The highest BCUT2D eigenvalue weighted by atomic mass is 15.1. The maximum Gasteiger partial charge on any atom is 0.0484 e. The fraction of sp³-hybridized carbons (Fsp3) is 0.161. The molecule has 158 valence electrons. The molecule has 1 aliphatic heterocycles. The van der Waals surface area contributed by atoms with Crippen molar-refractivity contribution < 1.29 is 0 Å². The van der Waals surface area contributed by atoms with Gasteiger partial charge in [0.05, 0.1) is 0 Å². The SMILES string of the molecule is C=C(c1ccc(Cc2ccc(C)cc2C)cc1)N1Cc2ccccc2Cc2ccccc21. The van der Waals surface area contributed by atoms with E-state index in [9.17, 15) is 0 Å². The first kappa shape index (κ1) is 20.3. The highest BCUT2D eigenvalue weighted by Crippen LogP contribution is 2.35.